The fourth-order valence-electron chi connectivity index (χ4n) is 2.25. The van der Waals surface area contributed by atoms with Crippen LogP contribution in [0.25, 0.3) is 5.65 Å². The predicted octanol–water partition coefficient (Wildman–Crippen LogP) is 2.81. The highest BCUT2D eigenvalue weighted by molar-refractivity contribution is 5.95. The quantitative estimate of drug-likeness (QED) is 0.761. The maximum Gasteiger partial charge on any atom is 0.343 e. The number of carbonyl (C=O) groups is 1. The van der Waals surface area contributed by atoms with Gasteiger partial charge in [0.15, 0.2) is 5.65 Å². The molecule has 0 atom stereocenters. The van der Waals surface area contributed by atoms with E-state index in [9.17, 15) is 4.79 Å². The van der Waals surface area contributed by atoms with E-state index in [0.717, 1.165) is 37.1 Å². The van der Waals surface area contributed by atoms with Gasteiger partial charge in [0.25, 0.3) is 0 Å². The van der Waals surface area contributed by atoms with Gasteiger partial charge < -0.3 is 4.74 Å². The Kier molecular flexibility index (Phi) is 4.71. The summed E-state index contributed by atoms with van der Waals surface area (Å²) < 4.78 is 6.82. The molecule has 2 aromatic rings. The second-order valence-corrected chi connectivity index (χ2v) is 4.75. The van der Waals surface area contributed by atoms with Crippen molar-refractivity contribution >= 4 is 11.6 Å². The van der Waals surface area contributed by atoms with Crippen molar-refractivity contribution in [3.63, 3.8) is 0 Å². The number of carbonyl (C=O) groups excluding carboxylic acids is 1. The van der Waals surface area contributed by atoms with Crippen molar-refractivity contribution in [2.75, 3.05) is 6.61 Å². The molecule has 0 unspecified atom stereocenters. The van der Waals surface area contributed by atoms with E-state index >= 15 is 0 Å². The molecular weight excluding hydrogens is 254 g/mol. The Hall–Kier alpha value is -1.91. The standard InChI is InChI=1S/C15H21N3O2/c1-4-7-11-9-12(8-5-2)18-14(17-11)13(10-16-18)15(19)20-6-3/h9-10H,4-8H2,1-3H3. The summed E-state index contributed by atoms with van der Waals surface area (Å²) in [5, 5.41) is 4.30. The summed E-state index contributed by atoms with van der Waals surface area (Å²) in [5.74, 6) is -0.355. The molecule has 0 amide bonds. The van der Waals surface area contributed by atoms with Gasteiger partial charge in [-0.3, -0.25) is 0 Å². The molecule has 0 aliphatic rings. The number of nitrogens with zero attached hydrogens (tertiary/aromatic N) is 3. The number of ether oxygens (including phenoxy) is 1. The maximum atomic E-state index is 11.9. The molecule has 0 saturated carbocycles. The number of aromatic nitrogens is 3. The molecule has 0 bridgehead atoms. The van der Waals surface area contributed by atoms with E-state index < -0.39 is 0 Å². The zero-order valence-electron chi connectivity index (χ0n) is 12.3. The minimum Gasteiger partial charge on any atom is -0.462 e. The topological polar surface area (TPSA) is 56.5 Å². The van der Waals surface area contributed by atoms with Crippen LogP contribution in [0.3, 0.4) is 0 Å². The average molecular weight is 275 g/mol. The first-order valence-electron chi connectivity index (χ1n) is 7.24. The van der Waals surface area contributed by atoms with Crippen LogP contribution in [0.4, 0.5) is 0 Å². The lowest BCUT2D eigenvalue weighted by atomic mass is 10.1. The van der Waals surface area contributed by atoms with Crippen LogP contribution >= 0.6 is 0 Å². The summed E-state index contributed by atoms with van der Waals surface area (Å²) in [7, 11) is 0. The van der Waals surface area contributed by atoms with Crippen molar-refractivity contribution in [1.82, 2.24) is 14.6 Å². The van der Waals surface area contributed by atoms with E-state index in [1.54, 1.807) is 17.6 Å². The van der Waals surface area contributed by atoms with Crippen molar-refractivity contribution in [2.45, 2.75) is 46.5 Å². The molecule has 5 heteroatoms. The second-order valence-electron chi connectivity index (χ2n) is 4.75. The van der Waals surface area contributed by atoms with E-state index in [2.05, 4.69) is 30.0 Å². The third-order valence-electron chi connectivity index (χ3n) is 3.11. The summed E-state index contributed by atoms with van der Waals surface area (Å²) in [6.45, 7) is 6.39. The summed E-state index contributed by atoms with van der Waals surface area (Å²) in [5.41, 5.74) is 3.16. The lowest BCUT2D eigenvalue weighted by Gasteiger charge is -2.07. The van der Waals surface area contributed by atoms with E-state index in [4.69, 9.17) is 4.74 Å². The van der Waals surface area contributed by atoms with Crippen LogP contribution in [0.2, 0.25) is 0 Å². The number of fused-ring (bicyclic) bond motifs is 1. The highest BCUT2D eigenvalue weighted by Crippen LogP contribution is 2.16. The molecule has 108 valence electrons. The van der Waals surface area contributed by atoms with Crippen molar-refractivity contribution in [3.8, 4) is 0 Å². The Labute approximate surface area is 119 Å². The number of aryl methyl sites for hydroxylation is 2. The van der Waals surface area contributed by atoms with E-state index in [1.807, 2.05) is 0 Å². The molecule has 0 aliphatic carbocycles. The third-order valence-corrected chi connectivity index (χ3v) is 3.11. The van der Waals surface area contributed by atoms with Crippen LogP contribution in [0.1, 0.15) is 55.4 Å². The summed E-state index contributed by atoms with van der Waals surface area (Å²) in [4.78, 5) is 16.5. The van der Waals surface area contributed by atoms with Gasteiger partial charge >= 0.3 is 5.97 Å². The van der Waals surface area contributed by atoms with Gasteiger partial charge in [0, 0.05) is 11.4 Å². The molecular formula is C15H21N3O2. The van der Waals surface area contributed by atoms with Crippen LogP contribution in [0.15, 0.2) is 12.3 Å². The molecule has 2 aromatic heterocycles. The molecule has 0 N–H and O–H groups in total. The average Bonchev–Trinajstić information content (AvgIpc) is 2.84. The Morgan fingerprint density at radius 1 is 1.25 bits per heavy atom. The third kappa shape index (κ3) is 2.81. The van der Waals surface area contributed by atoms with Gasteiger partial charge in [-0.2, -0.15) is 5.10 Å². The van der Waals surface area contributed by atoms with Gasteiger partial charge in [0.1, 0.15) is 5.56 Å². The van der Waals surface area contributed by atoms with Gasteiger partial charge in [-0.15, -0.1) is 0 Å². The number of esters is 1. The summed E-state index contributed by atoms with van der Waals surface area (Å²) in [6.07, 6.45) is 5.42. The van der Waals surface area contributed by atoms with E-state index in [0.29, 0.717) is 17.8 Å². The molecule has 0 spiro atoms. The number of hydrogen-bond acceptors (Lipinski definition) is 4. The molecule has 2 rings (SSSR count). The van der Waals surface area contributed by atoms with Crippen molar-refractivity contribution in [2.24, 2.45) is 0 Å². The minimum absolute atomic E-state index is 0.354. The predicted molar refractivity (Wildman–Crippen MR) is 76.9 cm³/mol. The summed E-state index contributed by atoms with van der Waals surface area (Å²) in [6, 6.07) is 2.09. The molecule has 0 radical (unpaired) electrons. The van der Waals surface area contributed by atoms with Gasteiger partial charge in [-0.05, 0) is 25.8 Å². The first kappa shape index (κ1) is 14.5. The Bertz CT molecular complexity index is 604. The van der Waals surface area contributed by atoms with Crippen LogP contribution in [-0.4, -0.2) is 27.2 Å². The number of hydrogen-bond donors (Lipinski definition) is 0. The summed E-state index contributed by atoms with van der Waals surface area (Å²) >= 11 is 0. The number of rotatable bonds is 6. The normalized spacial score (nSPS) is 10.9. The van der Waals surface area contributed by atoms with Crippen molar-refractivity contribution in [1.29, 1.82) is 0 Å². The van der Waals surface area contributed by atoms with Gasteiger partial charge in [0.2, 0.25) is 0 Å². The Morgan fingerprint density at radius 3 is 2.65 bits per heavy atom. The first-order valence-corrected chi connectivity index (χ1v) is 7.24. The van der Waals surface area contributed by atoms with E-state index in [1.165, 1.54) is 0 Å². The molecule has 0 fully saturated rings. The fourth-order valence-corrected chi connectivity index (χ4v) is 2.25. The SMILES string of the molecule is CCCc1cc(CCC)n2ncc(C(=O)OCC)c2n1. The lowest BCUT2D eigenvalue weighted by molar-refractivity contribution is 0.0528. The van der Waals surface area contributed by atoms with Gasteiger partial charge in [-0.25, -0.2) is 14.3 Å². The largest absolute Gasteiger partial charge is 0.462 e. The molecule has 0 aliphatic heterocycles. The van der Waals surface area contributed by atoms with Crippen molar-refractivity contribution < 1.29 is 9.53 Å². The molecule has 20 heavy (non-hydrogen) atoms. The van der Waals surface area contributed by atoms with Gasteiger partial charge in [0.05, 0.1) is 12.8 Å². The van der Waals surface area contributed by atoms with Gasteiger partial charge in [-0.1, -0.05) is 26.7 Å². The monoisotopic (exact) mass is 275 g/mol. The molecule has 0 aromatic carbocycles. The maximum absolute atomic E-state index is 11.9. The Morgan fingerprint density at radius 2 is 2.00 bits per heavy atom. The van der Waals surface area contributed by atoms with Crippen LogP contribution in [-0.2, 0) is 17.6 Å². The van der Waals surface area contributed by atoms with Crippen LogP contribution < -0.4 is 0 Å². The first-order chi connectivity index (χ1) is 9.71. The highest BCUT2D eigenvalue weighted by atomic mass is 16.5. The van der Waals surface area contributed by atoms with Crippen LogP contribution in [0, 0.1) is 0 Å². The molecule has 2 heterocycles. The van der Waals surface area contributed by atoms with Crippen molar-refractivity contribution in [3.05, 3.63) is 29.2 Å². The Balaban J connectivity index is 2.54. The smallest absolute Gasteiger partial charge is 0.343 e. The van der Waals surface area contributed by atoms with Crippen LogP contribution in [0.5, 0.6) is 0 Å². The van der Waals surface area contributed by atoms with E-state index in [-0.39, 0.29) is 5.97 Å². The fraction of sp³-hybridized carbons (Fsp3) is 0.533. The second kappa shape index (κ2) is 6.50. The molecule has 5 nitrogen and oxygen atoms in total. The zero-order valence-corrected chi connectivity index (χ0v) is 12.3. The minimum atomic E-state index is -0.355. The highest BCUT2D eigenvalue weighted by Gasteiger charge is 2.17. The molecule has 0 saturated heterocycles. The zero-order chi connectivity index (χ0) is 14.5. The lowest BCUT2D eigenvalue weighted by Crippen LogP contribution is -2.08.